The molecule has 106 valence electrons. The smallest absolute Gasteiger partial charge is 0.271 e. The quantitative estimate of drug-likeness (QED) is 0.821. The average Bonchev–Trinajstić information content (AvgIpc) is 2.83. The molecule has 1 aliphatic heterocycles. The minimum absolute atomic E-state index is 0.0466. The molecule has 5 heteroatoms. The van der Waals surface area contributed by atoms with Crippen LogP contribution in [0.4, 0.5) is 0 Å². The summed E-state index contributed by atoms with van der Waals surface area (Å²) < 4.78 is 1.63. The maximum absolute atomic E-state index is 12.2. The molecule has 0 atom stereocenters. The molecule has 0 unspecified atom stereocenters. The topological polar surface area (TPSA) is 41.4 Å². The number of amides is 1. The van der Waals surface area contributed by atoms with Crippen molar-refractivity contribution in [1.29, 1.82) is 0 Å². The van der Waals surface area contributed by atoms with Crippen LogP contribution in [0.1, 0.15) is 30.3 Å². The van der Waals surface area contributed by atoms with Crippen molar-refractivity contribution < 1.29 is 4.79 Å². The lowest BCUT2D eigenvalue weighted by molar-refractivity contribution is 0.0757. The summed E-state index contributed by atoms with van der Waals surface area (Å²) in [5.74, 6) is 0.899. The molecule has 1 amide bonds. The lowest BCUT2D eigenvalue weighted by Crippen LogP contribution is -2.40. The first kappa shape index (κ1) is 14.1. The van der Waals surface area contributed by atoms with Gasteiger partial charge in [0.1, 0.15) is 5.69 Å². The third-order valence-electron chi connectivity index (χ3n) is 4.01. The molecule has 5 nitrogen and oxygen atoms in total. The van der Waals surface area contributed by atoms with Gasteiger partial charge in [0.15, 0.2) is 0 Å². The Balaban J connectivity index is 1.80. The first-order valence-corrected chi connectivity index (χ1v) is 7.03. The fraction of sp³-hybridized carbons (Fsp3) is 0.714. The van der Waals surface area contributed by atoms with Crippen LogP contribution in [0.2, 0.25) is 0 Å². The molecule has 0 N–H and O–H groups in total. The van der Waals surface area contributed by atoms with E-state index in [0.29, 0.717) is 5.69 Å². The molecule has 1 aromatic heterocycles. The normalized spacial score (nSPS) is 17.6. The van der Waals surface area contributed by atoms with Gasteiger partial charge in [0.2, 0.25) is 0 Å². The van der Waals surface area contributed by atoms with Crippen molar-refractivity contribution in [2.75, 3.05) is 33.2 Å². The van der Waals surface area contributed by atoms with Gasteiger partial charge in [-0.1, -0.05) is 6.92 Å². The Morgan fingerprint density at radius 2 is 2.16 bits per heavy atom. The van der Waals surface area contributed by atoms with Crippen molar-refractivity contribution in [3.63, 3.8) is 0 Å². The number of hydrogen-bond acceptors (Lipinski definition) is 3. The fourth-order valence-electron chi connectivity index (χ4n) is 2.46. The van der Waals surface area contributed by atoms with E-state index in [-0.39, 0.29) is 5.91 Å². The minimum atomic E-state index is 0.0466. The van der Waals surface area contributed by atoms with Gasteiger partial charge in [0.25, 0.3) is 5.91 Å². The fourth-order valence-corrected chi connectivity index (χ4v) is 2.46. The number of aromatic nitrogens is 2. The second kappa shape index (κ2) is 6.19. The van der Waals surface area contributed by atoms with Crippen molar-refractivity contribution in [3.8, 4) is 0 Å². The molecule has 0 bridgehead atoms. The number of likely N-dealkylation sites (tertiary alicyclic amines) is 1. The number of carbonyl (C=O) groups is 1. The van der Waals surface area contributed by atoms with Gasteiger partial charge < -0.3 is 9.80 Å². The van der Waals surface area contributed by atoms with Crippen LogP contribution in [0, 0.1) is 5.92 Å². The van der Waals surface area contributed by atoms with Gasteiger partial charge in [-0.05, 0) is 37.9 Å². The Hall–Kier alpha value is -1.36. The number of likely N-dealkylation sites (N-methyl/N-ethyl adjacent to an activating group) is 1. The van der Waals surface area contributed by atoms with E-state index in [2.05, 4.69) is 16.9 Å². The Morgan fingerprint density at radius 3 is 2.74 bits per heavy atom. The summed E-state index contributed by atoms with van der Waals surface area (Å²) in [7, 11) is 3.66. The number of carbonyl (C=O) groups excluding carboxylic acids is 1. The van der Waals surface area contributed by atoms with E-state index in [4.69, 9.17) is 0 Å². The zero-order chi connectivity index (χ0) is 13.8. The number of hydrogen-bond donors (Lipinski definition) is 0. The van der Waals surface area contributed by atoms with Gasteiger partial charge in [0, 0.05) is 33.4 Å². The summed E-state index contributed by atoms with van der Waals surface area (Å²) in [6.07, 6.45) is 4.21. The Kier molecular flexibility index (Phi) is 4.58. The summed E-state index contributed by atoms with van der Waals surface area (Å²) in [6.45, 7) is 6.38. The predicted octanol–water partition coefficient (Wildman–Crippen LogP) is 1.22. The largest absolute Gasteiger partial charge is 0.339 e. The lowest BCUT2D eigenvalue weighted by Gasteiger charge is -2.31. The average molecular weight is 264 g/mol. The van der Waals surface area contributed by atoms with Gasteiger partial charge in [-0.2, -0.15) is 5.10 Å². The minimum Gasteiger partial charge on any atom is -0.339 e. The maximum Gasteiger partial charge on any atom is 0.271 e. The van der Waals surface area contributed by atoms with Crippen LogP contribution >= 0.6 is 0 Å². The molecule has 1 fully saturated rings. The van der Waals surface area contributed by atoms with Crippen molar-refractivity contribution in [3.05, 3.63) is 18.0 Å². The molecule has 0 spiro atoms. The first-order chi connectivity index (χ1) is 9.08. The second-order valence-electron chi connectivity index (χ2n) is 5.59. The summed E-state index contributed by atoms with van der Waals surface area (Å²) in [5, 5.41) is 4.04. The van der Waals surface area contributed by atoms with Crippen molar-refractivity contribution >= 4 is 5.91 Å². The number of piperidine rings is 1. The molecule has 0 aliphatic carbocycles. The molecule has 0 radical (unpaired) electrons. The zero-order valence-electron chi connectivity index (χ0n) is 12.2. The molecule has 1 aromatic rings. The monoisotopic (exact) mass is 264 g/mol. The summed E-state index contributed by atoms with van der Waals surface area (Å²) in [4.78, 5) is 16.4. The highest BCUT2D eigenvalue weighted by molar-refractivity contribution is 5.92. The van der Waals surface area contributed by atoms with Crippen LogP contribution in [-0.4, -0.2) is 58.7 Å². The van der Waals surface area contributed by atoms with Gasteiger partial charge in [-0.3, -0.25) is 9.48 Å². The maximum atomic E-state index is 12.2. The Morgan fingerprint density at radius 1 is 1.47 bits per heavy atom. The van der Waals surface area contributed by atoms with Gasteiger partial charge >= 0.3 is 0 Å². The number of rotatable bonds is 4. The highest BCUT2D eigenvalue weighted by Crippen LogP contribution is 2.15. The Labute approximate surface area is 115 Å². The van der Waals surface area contributed by atoms with Crippen LogP contribution in [-0.2, 0) is 7.05 Å². The Bertz CT molecular complexity index is 421. The van der Waals surface area contributed by atoms with Crippen LogP contribution in [0.25, 0.3) is 0 Å². The summed E-state index contributed by atoms with van der Waals surface area (Å²) in [5.41, 5.74) is 0.648. The summed E-state index contributed by atoms with van der Waals surface area (Å²) in [6, 6.07) is 1.77. The van der Waals surface area contributed by atoms with E-state index >= 15 is 0 Å². The van der Waals surface area contributed by atoms with Crippen molar-refractivity contribution in [2.24, 2.45) is 13.0 Å². The van der Waals surface area contributed by atoms with Crippen molar-refractivity contribution in [1.82, 2.24) is 19.6 Å². The highest BCUT2D eigenvalue weighted by Gasteiger charge is 2.18. The molecule has 0 aromatic carbocycles. The van der Waals surface area contributed by atoms with E-state index < -0.39 is 0 Å². The SMILES string of the molecule is CC1CCN(CCN(C)C(=O)c2ccnn2C)CC1. The molecular weight excluding hydrogens is 240 g/mol. The van der Waals surface area contributed by atoms with Gasteiger partial charge in [-0.25, -0.2) is 0 Å². The molecule has 1 saturated heterocycles. The van der Waals surface area contributed by atoms with E-state index in [1.807, 2.05) is 7.05 Å². The van der Waals surface area contributed by atoms with Crippen LogP contribution in [0.3, 0.4) is 0 Å². The third-order valence-corrected chi connectivity index (χ3v) is 4.01. The first-order valence-electron chi connectivity index (χ1n) is 7.03. The zero-order valence-corrected chi connectivity index (χ0v) is 12.2. The molecular formula is C14H24N4O. The van der Waals surface area contributed by atoms with Crippen LogP contribution in [0.5, 0.6) is 0 Å². The standard InChI is InChI=1S/C14H24N4O/c1-12-5-8-18(9-6-12)11-10-16(2)14(19)13-4-7-15-17(13)3/h4,7,12H,5-6,8-11H2,1-3H3. The molecule has 2 rings (SSSR count). The molecule has 2 heterocycles. The highest BCUT2D eigenvalue weighted by atomic mass is 16.2. The third kappa shape index (κ3) is 3.56. The number of nitrogens with zero attached hydrogens (tertiary/aromatic N) is 4. The molecule has 1 aliphatic rings. The van der Waals surface area contributed by atoms with Crippen LogP contribution < -0.4 is 0 Å². The van der Waals surface area contributed by atoms with E-state index in [1.165, 1.54) is 12.8 Å². The van der Waals surface area contributed by atoms with E-state index in [9.17, 15) is 4.79 Å². The predicted molar refractivity (Wildman–Crippen MR) is 75.0 cm³/mol. The van der Waals surface area contributed by atoms with E-state index in [0.717, 1.165) is 32.1 Å². The second-order valence-corrected chi connectivity index (χ2v) is 5.59. The van der Waals surface area contributed by atoms with Crippen LogP contribution in [0.15, 0.2) is 12.3 Å². The molecule has 19 heavy (non-hydrogen) atoms. The molecule has 0 saturated carbocycles. The van der Waals surface area contributed by atoms with Gasteiger partial charge in [0.05, 0.1) is 0 Å². The number of aryl methyl sites for hydroxylation is 1. The van der Waals surface area contributed by atoms with Gasteiger partial charge in [-0.15, -0.1) is 0 Å². The summed E-state index contributed by atoms with van der Waals surface area (Å²) >= 11 is 0. The lowest BCUT2D eigenvalue weighted by atomic mass is 9.99. The van der Waals surface area contributed by atoms with E-state index in [1.54, 1.807) is 28.9 Å². The van der Waals surface area contributed by atoms with Crippen molar-refractivity contribution in [2.45, 2.75) is 19.8 Å².